The highest BCUT2D eigenvalue weighted by Crippen LogP contribution is 2.32. The first-order valence-electron chi connectivity index (χ1n) is 7.30. The maximum absolute atomic E-state index is 11.5. The molecule has 19 heavy (non-hydrogen) atoms. The molecule has 2 aliphatic rings. The first kappa shape index (κ1) is 14.8. The average Bonchev–Trinajstić information content (AvgIpc) is 2.47. The molecule has 1 heterocycles. The Hall–Kier alpha value is -0.650. The van der Waals surface area contributed by atoms with Gasteiger partial charge in [-0.3, -0.25) is 4.79 Å². The number of carboxylic acid groups (broad SMARTS) is 1. The molecule has 5 heteroatoms. The van der Waals surface area contributed by atoms with Gasteiger partial charge in [0, 0.05) is 26.2 Å². The number of nitrogens with one attached hydrogen (secondary N) is 1. The van der Waals surface area contributed by atoms with Crippen LogP contribution >= 0.6 is 0 Å². The SMILES string of the molecule is CNC1(C(=O)O)CCCC(N2CCC(OC)CC2)C1. The largest absolute Gasteiger partial charge is 0.480 e. The molecular weight excluding hydrogens is 244 g/mol. The maximum atomic E-state index is 11.5. The molecule has 1 aliphatic carbocycles. The van der Waals surface area contributed by atoms with Gasteiger partial charge in [-0.25, -0.2) is 0 Å². The van der Waals surface area contributed by atoms with Gasteiger partial charge in [0.2, 0.25) is 0 Å². The van der Waals surface area contributed by atoms with Crippen molar-refractivity contribution < 1.29 is 14.6 Å². The molecule has 2 unspecified atom stereocenters. The van der Waals surface area contributed by atoms with Gasteiger partial charge in [-0.05, 0) is 45.6 Å². The van der Waals surface area contributed by atoms with Crippen molar-refractivity contribution in [2.75, 3.05) is 27.2 Å². The Labute approximate surface area is 115 Å². The monoisotopic (exact) mass is 270 g/mol. The minimum atomic E-state index is -0.721. The van der Waals surface area contributed by atoms with Crippen molar-refractivity contribution in [1.29, 1.82) is 0 Å². The number of likely N-dealkylation sites (N-methyl/N-ethyl adjacent to an activating group) is 1. The second-order valence-electron chi connectivity index (χ2n) is 5.86. The summed E-state index contributed by atoms with van der Waals surface area (Å²) >= 11 is 0. The number of likely N-dealkylation sites (tertiary alicyclic amines) is 1. The molecule has 2 atom stereocenters. The lowest BCUT2D eigenvalue weighted by Gasteiger charge is -2.44. The van der Waals surface area contributed by atoms with Crippen molar-refractivity contribution in [1.82, 2.24) is 10.2 Å². The summed E-state index contributed by atoms with van der Waals surface area (Å²) in [5, 5.41) is 12.5. The van der Waals surface area contributed by atoms with E-state index in [4.69, 9.17) is 4.74 Å². The summed E-state index contributed by atoms with van der Waals surface area (Å²) in [7, 11) is 3.55. The molecular formula is C14H26N2O3. The van der Waals surface area contributed by atoms with Crippen LogP contribution in [0, 0.1) is 0 Å². The van der Waals surface area contributed by atoms with Crippen LogP contribution in [-0.2, 0) is 9.53 Å². The molecule has 0 radical (unpaired) electrons. The average molecular weight is 270 g/mol. The fourth-order valence-corrected chi connectivity index (χ4v) is 3.56. The van der Waals surface area contributed by atoms with E-state index in [0.717, 1.165) is 51.6 Å². The van der Waals surface area contributed by atoms with E-state index < -0.39 is 11.5 Å². The number of aliphatic carboxylic acids is 1. The third kappa shape index (κ3) is 3.09. The highest BCUT2D eigenvalue weighted by atomic mass is 16.5. The molecule has 0 bridgehead atoms. The Balaban J connectivity index is 1.96. The second-order valence-corrected chi connectivity index (χ2v) is 5.86. The summed E-state index contributed by atoms with van der Waals surface area (Å²) in [4.78, 5) is 14.0. The van der Waals surface area contributed by atoms with Crippen LogP contribution in [0.2, 0.25) is 0 Å². The molecule has 0 amide bonds. The molecule has 1 aliphatic heterocycles. The van der Waals surface area contributed by atoms with Crippen LogP contribution in [0.15, 0.2) is 0 Å². The number of carboxylic acids is 1. The summed E-state index contributed by atoms with van der Waals surface area (Å²) < 4.78 is 5.39. The third-order valence-electron chi connectivity index (χ3n) is 4.94. The fraction of sp³-hybridized carbons (Fsp3) is 0.929. The lowest BCUT2D eigenvalue weighted by atomic mass is 9.78. The number of methoxy groups -OCH3 is 1. The van der Waals surface area contributed by atoms with Crippen LogP contribution in [-0.4, -0.2) is 60.9 Å². The molecule has 2 fully saturated rings. The van der Waals surface area contributed by atoms with Crippen LogP contribution in [0.5, 0.6) is 0 Å². The van der Waals surface area contributed by atoms with Crippen LogP contribution in [0.25, 0.3) is 0 Å². The predicted octanol–water partition coefficient (Wildman–Crippen LogP) is 1.08. The molecule has 1 saturated carbocycles. The number of piperidine rings is 1. The van der Waals surface area contributed by atoms with E-state index >= 15 is 0 Å². The van der Waals surface area contributed by atoms with E-state index in [1.807, 2.05) is 0 Å². The Morgan fingerprint density at radius 1 is 1.37 bits per heavy atom. The van der Waals surface area contributed by atoms with Gasteiger partial charge >= 0.3 is 5.97 Å². The Morgan fingerprint density at radius 3 is 2.58 bits per heavy atom. The molecule has 1 saturated heterocycles. The van der Waals surface area contributed by atoms with E-state index in [9.17, 15) is 9.90 Å². The van der Waals surface area contributed by atoms with Gasteiger partial charge in [0.1, 0.15) is 5.54 Å². The highest BCUT2D eigenvalue weighted by molar-refractivity contribution is 5.79. The number of ether oxygens (including phenoxy) is 1. The second kappa shape index (κ2) is 6.20. The molecule has 0 aromatic rings. The summed E-state index contributed by atoms with van der Waals surface area (Å²) in [6.07, 6.45) is 6.07. The molecule has 0 aromatic carbocycles. The maximum Gasteiger partial charge on any atom is 0.323 e. The zero-order chi connectivity index (χ0) is 13.9. The smallest absolute Gasteiger partial charge is 0.323 e. The quantitative estimate of drug-likeness (QED) is 0.800. The minimum Gasteiger partial charge on any atom is -0.480 e. The van der Waals surface area contributed by atoms with Gasteiger partial charge in [-0.2, -0.15) is 0 Å². The zero-order valence-electron chi connectivity index (χ0n) is 12.0. The van der Waals surface area contributed by atoms with Crippen molar-refractivity contribution in [3.05, 3.63) is 0 Å². The van der Waals surface area contributed by atoms with Crippen molar-refractivity contribution in [3.8, 4) is 0 Å². The van der Waals surface area contributed by atoms with Crippen molar-refractivity contribution in [3.63, 3.8) is 0 Å². The highest BCUT2D eigenvalue weighted by Gasteiger charge is 2.43. The van der Waals surface area contributed by atoms with Gasteiger partial charge in [0.15, 0.2) is 0 Å². The van der Waals surface area contributed by atoms with Gasteiger partial charge in [0.05, 0.1) is 6.10 Å². The van der Waals surface area contributed by atoms with Gasteiger partial charge < -0.3 is 20.1 Å². The molecule has 2 N–H and O–H groups in total. The number of hydrogen-bond acceptors (Lipinski definition) is 4. The zero-order valence-corrected chi connectivity index (χ0v) is 12.0. The summed E-state index contributed by atoms with van der Waals surface area (Å²) in [5.41, 5.74) is -0.721. The van der Waals surface area contributed by atoms with E-state index in [2.05, 4.69) is 10.2 Å². The Morgan fingerprint density at radius 2 is 2.05 bits per heavy atom. The first-order valence-corrected chi connectivity index (χ1v) is 7.30. The first-order chi connectivity index (χ1) is 9.11. The minimum absolute atomic E-state index is 0.383. The summed E-state index contributed by atoms with van der Waals surface area (Å²) in [6, 6.07) is 0.398. The predicted molar refractivity (Wildman–Crippen MR) is 73.3 cm³/mol. The summed E-state index contributed by atoms with van der Waals surface area (Å²) in [6.45, 7) is 2.06. The van der Waals surface area contributed by atoms with E-state index in [1.165, 1.54) is 0 Å². The lowest BCUT2D eigenvalue weighted by molar-refractivity contribution is -0.147. The van der Waals surface area contributed by atoms with Gasteiger partial charge in [-0.15, -0.1) is 0 Å². The van der Waals surface area contributed by atoms with Crippen molar-refractivity contribution in [2.24, 2.45) is 0 Å². The van der Waals surface area contributed by atoms with E-state index in [-0.39, 0.29) is 0 Å². The standard InChI is InChI=1S/C14H26N2O3/c1-15-14(13(17)18)7-3-4-11(10-14)16-8-5-12(19-2)6-9-16/h11-12,15H,3-10H2,1-2H3,(H,17,18). The van der Waals surface area contributed by atoms with E-state index in [1.54, 1.807) is 14.2 Å². The molecule has 110 valence electrons. The Kier molecular flexibility index (Phi) is 4.81. The van der Waals surface area contributed by atoms with Crippen molar-refractivity contribution >= 4 is 5.97 Å². The van der Waals surface area contributed by atoms with Crippen LogP contribution < -0.4 is 5.32 Å². The molecule has 0 aromatic heterocycles. The molecule has 5 nitrogen and oxygen atoms in total. The number of hydrogen-bond donors (Lipinski definition) is 2. The van der Waals surface area contributed by atoms with Crippen LogP contribution in [0.3, 0.4) is 0 Å². The van der Waals surface area contributed by atoms with Gasteiger partial charge in [0.25, 0.3) is 0 Å². The fourth-order valence-electron chi connectivity index (χ4n) is 3.56. The number of rotatable bonds is 4. The number of nitrogens with zero attached hydrogens (tertiary/aromatic N) is 1. The van der Waals surface area contributed by atoms with Crippen molar-refractivity contribution in [2.45, 2.75) is 56.2 Å². The van der Waals surface area contributed by atoms with Crippen LogP contribution in [0.1, 0.15) is 38.5 Å². The summed E-state index contributed by atoms with van der Waals surface area (Å²) in [5.74, 6) is -0.702. The topological polar surface area (TPSA) is 61.8 Å². The normalized spacial score (nSPS) is 34.3. The molecule has 0 spiro atoms. The number of carbonyl (C=O) groups is 1. The van der Waals surface area contributed by atoms with E-state index in [0.29, 0.717) is 12.1 Å². The Bertz CT molecular complexity index is 316. The molecule has 2 rings (SSSR count). The lowest BCUT2D eigenvalue weighted by Crippen LogP contribution is -2.58. The van der Waals surface area contributed by atoms with Crippen LogP contribution in [0.4, 0.5) is 0 Å². The third-order valence-corrected chi connectivity index (χ3v) is 4.94. The van der Waals surface area contributed by atoms with Gasteiger partial charge in [-0.1, -0.05) is 0 Å².